The third-order valence-corrected chi connectivity index (χ3v) is 6.92. The van der Waals surface area contributed by atoms with Gasteiger partial charge in [0.2, 0.25) is 0 Å². The number of carbonyl (C=O) groups is 2. The summed E-state index contributed by atoms with van der Waals surface area (Å²) >= 11 is 6.03. The van der Waals surface area contributed by atoms with Crippen LogP contribution in [0.5, 0.6) is 0 Å². The van der Waals surface area contributed by atoms with E-state index in [1.807, 2.05) is 48.5 Å². The standard InChI is InChI=1S/C29H25ClN2O4/c30-22-4-3-5-23(16-22)31-29-32-26(17-36-29)20-12-8-18(9-13-20)19-10-14-21(15-11-19)27(33)24-6-1-2-7-25(24)28(34)35/h3-5,8-17,24-25H,1-2,6-7H2,(H,31,32)(H,34,35)/t24-,25-/m1/s1. The summed E-state index contributed by atoms with van der Waals surface area (Å²) in [5.41, 5.74) is 4.93. The number of carboxylic acids is 1. The Morgan fingerprint density at radius 3 is 2.19 bits per heavy atom. The summed E-state index contributed by atoms with van der Waals surface area (Å²) in [5.74, 6) is -1.97. The van der Waals surface area contributed by atoms with Crippen molar-refractivity contribution in [1.82, 2.24) is 4.98 Å². The molecule has 2 atom stereocenters. The van der Waals surface area contributed by atoms with Crippen molar-refractivity contribution in [2.75, 3.05) is 5.32 Å². The van der Waals surface area contributed by atoms with Gasteiger partial charge in [-0.2, -0.15) is 4.98 Å². The molecular weight excluding hydrogens is 476 g/mol. The number of carbonyl (C=O) groups excluding carboxylic acids is 1. The van der Waals surface area contributed by atoms with Gasteiger partial charge in [0.25, 0.3) is 6.01 Å². The van der Waals surface area contributed by atoms with E-state index in [9.17, 15) is 14.7 Å². The Hall–Kier alpha value is -3.90. The van der Waals surface area contributed by atoms with Crippen LogP contribution in [0.2, 0.25) is 5.02 Å². The van der Waals surface area contributed by atoms with E-state index in [1.54, 1.807) is 30.5 Å². The second kappa shape index (κ2) is 10.4. The van der Waals surface area contributed by atoms with Crippen LogP contribution in [0.3, 0.4) is 0 Å². The van der Waals surface area contributed by atoms with Gasteiger partial charge in [-0.05, 0) is 42.2 Å². The Kier molecular flexibility index (Phi) is 6.87. The van der Waals surface area contributed by atoms with E-state index in [2.05, 4.69) is 10.3 Å². The molecule has 3 aromatic carbocycles. The highest BCUT2D eigenvalue weighted by atomic mass is 35.5. The molecule has 1 aliphatic rings. The van der Waals surface area contributed by atoms with Crippen molar-refractivity contribution in [2.45, 2.75) is 25.7 Å². The highest BCUT2D eigenvalue weighted by Crippen LogP contribution is 2.33. The summed E-state index contributed by atoms with van der Waals surface area (Å²) in [6.07, 6.45) is 4.56. The number of aliphatic carboxylic acids is 1. The molecule has 0 amide bonds. The number of anilines is 2. The molecule has 4 aromatic rings. The fourth-order valence-electron chi connectivity index (χ4n) is 4.77. The summed E-state index contributed by atoms with van der Waals surface area (Å²) in [4.78, 5) is 29.1. The number of Topliss-reactive ketones (excluding diaryl/α,β-unsaturated/α-hetero) is 1. The average Bonchev–Trinajstić information content (AvgIpc) is 3.37. The van der Waals surface area contributed by atoms with Crippen molar-refractivity contribution < 1.29 is 19.1 Å². The van der Waals surface area contributed by atoms with E-state index >= 15 is 0 Å². The molecular formula is C29H25ClN2O4. The van der Waals surface area contributed by atoms with Crippen LogP contribution in [0.25, 0.3) is 22.4 Å². The van der Waals surface area contributed by atoms with Gasteiger partial charge in [0.05, 0.1) is 5.92 Å². The Bertz CT molecular complexity index is 1380. The van der Waals surface area contributed by atoms with Crippen LogP contribution in [-0.4, -0.2) is 21.8 Å². The van der Waals surface area contributed by atoms with Crippen molar-refractivity contribution in [3.05, 3.63) is 89.6 Å². The van der Waals surface area contributed by atoms with E-state index in [0.29, 0.717) is 35.1 Å². The van der Waals surface area contributed by atoms with E-state index < -0.39 is 17.8 Å². The van der Waals surface area contributed by atoms with E-state index in [1.165, 1.54) is 0 Å². The van der Waals surface area contributed by atoms with Gasteiger partial charge in [-0.1, -0.05) is 79.0 Å². The molecule has 1 aliphatic carbocycles. The molecule has 7 heteroatoms. The number of rotatable bonds is 7. The Morgan fingerprint density at radius 2 is 1.53 bits per heavy atom. The monoisotopic (exact) mass is 500 g/mol. The summed E-state index contributed by atoms with van der Waals surface area (Å²) in [6.45, 7) is 0. The highest BCUT2D eigenvalue weighted by molar-refractivity contribution is 6.30. The van der Waals surface area contributed by atoms with Crippen LogP contribution in [0.4, 0.5) is 11.7 Å². The number of ketones is 1. The zero-order valence-electron chi connectivity index (χ0n) is 19.5. The third kappa shape index (κ3) is 5.19. The van der Waals surface area contributed by atoms with Crippen molar-refractivity contribution in [3.8, 4) is 22.4 Å². The van der Waals surface area contributed by atoms with Gasteiger partial charge in [-0.3, -0.25) is 9.59 Å². The number of halogens is 1. The summed E-state index contributed by atoms with van der Waals surface area (Å²) in [6, 6.07) is 23.0. The molecule has 0 spiro atoms. The molecule has 0 aliphatic heterocycles. The molecule has 0 radical (unpaired) electrons. The molecule has 182 valence electrons. The molecule has 0 bridgehead atoms. The summed E-state index contributed by atoms with van der Waals surface area (Å²) < 4.78 is 5.55. The van der Waals surface area contributed by atoms with Gasteiger partial charge in [0, 0.05) is 27.8 Å². The van der Waals surface area contributed by atoms with Gasteiger partial charge in [-0.25, -0.2) is 0 Å². The third-order valence-electron chi connectivity index (χ3n) is 6.68. The van der Waals surface area contributed by atoms with Gasteiger partial charge >= 0.3 is 5.97 Å². The minimum absolute atomic E-state index is 0.0720. The largest absolute Gasteiger partial charge is 0.481 e. The van der Waals surface area contributed by atoms with Crippen LogP contribution in [0, 0.1) is 11.8 Å². The van der Waals surface area contributed by atoms with Gasteiger partial charge in [0.1, 0.15) is 12.0 Å². The number of carboxylic acid groups (broad SMARTS) is 1. The molecule has 1 saturated carbocycles. The molecule has 5 rings (SSSR count). The molecule has 36 heavy (non-hydrogen) atoms. The van der Waals surface area contributed by atoms with Gasteiger partial charge in [0.15, 0.2) is 5.78 Å². The van der Waals surface area contributed by atoms with E-state index in [-0.39, 0.29) is 5.78 Å². The molecule has 6 nitrogen and oxygen atoms in total. The topological polar surface area (TPSA) is 92.4 Å². The maximum absolute atomic E-state index is 13.0. The second-order valence-electron chi connectivity index (χ2n) is 9.03. The van der Waals surface area contributed by atoms with Gasteiger partial charge in [-0.15, -0.1) is 0 Å². The second-order valence-corrected chi connectivity index (χ2v) is 9.46. The van der Waals surface area contributed by atoms with Crippen LogP contribution >= 0.6 is 11.6 Å². The lowest BCUT2D eigenvalue weighted by Crippen LogP contribution is -2.32. The average molecular weight is 501 g/mol. The van der Waals surface area contributed by atoms with Crippen LogP contribution in [0.1, 0.15) is 36.0 Å². The predicted molar refractivity (Wildman–Crippen MR) is 140 cm³/mol. The first-order valence-corrected chi connectivity index (χ1v) is 12.3. The van der Waals surface area contributed by atoms with Crippen molar-refractivity contribution in [1.29, 1.82) is 0 Å². The lowest BCUT2D eigenvalue weighted by Gasteiger charge is -2.27. The van der Waals surface area contributed by atoms with E-state index in [4.69, 9.17) is 16.0 Å². The first kappa shape index (κ1) is 23.8. The Morgan fingerprint density at radius 1 is 0.889 bits per heavy atom. The zero-order chi connectivity index (χ0) is 25.1. The molecule has 2 N–H and O–H groups in total. The number of nitrogens with one attached hydrogen (secondary N) is 1. The SMILES string of the molecule is O=C(O)[C@@H]1CCCC[C@H]1C(=O)c1ccc(-c2ccc(-c3coc(Nc4cccc(Cl)c4)n3)cc2)cc1. The quantitative estimate of drug-likeness (QED) is 0.255. The highest BCUT2D eigenvalue weighted by Gasteiger charge is 2.35. The Balaban J connectivity index is 1.27. The minimum Gasteiger partial charge on any atom is -0.481 e. The number of hydrogen-bond acceptors (Lipinski definition) is 5. The maximum Gasteiger partial charge on any atom is 0.307 e. The van der Waals surface area contributed by atoms with Crippen molar-refractivity contribution in [2.24, 2.45) is 11.8 Å². The molecule has 1 fully saturated rings. The normalized spacial score (nSPS) is 17.5. The lowest BCUT2D eigenvalue weighted by molar-refractivity contribution is -0.144. The van der Waals surface area contributed by atoms with Gasteiger partial charge < -0.3 is 14.8 Å². The number of benzene rings is 3. The zero-order valence-corrected chi connectivity index (χ0v) is 20.2. The first-order valence-electron chi connectivity index (χ1n) is 11.9. The molecule has 1 heterocycles. The fourth-order valence-corrected chi connectivity index (χ4v) is 4.96. The predicted octanol–water partition coefficient (Wildman–Crippen LogP) is 7.48. The van der Waals surface area contributed by atoms with Crippen LogP contribution < -0.4 is 5.32 Å². The molecule has 0 saturated heterocycles. The number of nitrogens with zero attached hydrogens (tertiary/aromatic N) is 1. The fraction of sp³-hybridized carbons (Fsp3) is 0.207. The van der Waals surface area contributed by atoms with Crippen LogP contribution in [0.15, 0.2) is 83.5 Å². The molecule has 1 aromatic heterocycles. The summed E-state index contributed by atoms with van der Waals surface area (Å²) in [5, 5.41) is 13.2. The Labute approximate surface area is 214 Å². The minimum atomic E-state index is -0.871. The van der Waals surface area contributed by atoms with E-state index in [0.717, 1.165) is 35.2 Å². The first-order chi connectivity index (χ1) is 17.5. The molecule has 0 unspecified atom stereocenters. The lowest BCUT2D eigenvalue weighted by atomic mass is 9.75. The van der Waals surface area contributed by atoms with Crippen LogP contribution in [-0.2, 0) is 4.79 Å². The summed E-state index contributed by atoms with van der Waals surface area (Å²) in [7, 11) is 0. The smallest absolute Gasteiger partial charge is 0.307 e. The number of aromatic nitrogens is 1. The maximum atomic E-state index is 13.0. The number of hydrogen-bond donors (Lipinski definition) is 2. The number of oxazole rings is 1. The van der Waals surface area contributed by atoms with Crippen molar-refractivity contribution >= 4 is 35.1 Å². The van der Waals surface area contributed by atoms with Crippen molar-refractivity contribution in [3.63, 3.8) is 0 Å².